The van der Waals surface area contributed by atoms with E-state index in [0.717, 1.165) is 5.56 Å². The number of aromatic amines is 1. The van der Waals surface area contributed by atoms with Crippen LogP contribution < -0.4 is 10.1 Å². The number of piperidine rings is 1. The van der Waals surface area contributed by atoms with E-state index in [2.05, 4.69) is 30.7 Å². The van der Waals surface area contributed by atoms with Gasteiger partial charge in [0.15, 0.2) is 17.6 Å². The lowest BCUT2D eigenvalue weighted by molar-refractivity contribution is -0.0258. The molecule has 2 atom stereocenters. The van der Waals surface area contributed by atoms with Crippen LogP contribution >= 0.6 is 0 Å². The minimum atomic E-state index is -1.23. The van der Waals surface area contributed by atoms with Gasteiger partial charge in [0.05, 0.1) is 18.6 Å². The van der Waals surface area contributed by atoms with Crippen molar-refractivity contribution in [2.24, 2.45) is 0 Å². The summed E-state index contributed by atoms with van der Waals surface area (Å²) in [5.41, 5.74) is 1.12. The van der Waals surface area contributed by atoms with E-state index in [1.54, 1.807) is 24.5 Å². The molecule has 3 aromatic heterocycles. The largest absolute Gasteiger partial charge is 0.506 e. The van der Waals surface area contributed by atoms with Crippen LogP contribution in [0.3, 0.4) is 0 Å². The van der Waals surface area contributed by atoms with E-state index in [4.69, 9.17) is 4.74 Å². The Kier molecular flexibility index (Phi) is 4.93. The summed E-state index contributed by atoms with van der Waals surface area (Å²) in [7, 11) is 0. The Morgan fingerprint density at radius 3 is 2.73 bits per heavy atom. The van der Waals surface area contributed by atoms with Crippen molar-refractivity contribution < 1.29 is 14.2 Å². The van der Waals surface area contributed by atoms with E-state index in [-0.39, 0.29) is 11.3 Å². The highest BCUT2D eigenvalue weighted by Crippen LogP contribution is 2.38. The standard InChI is InChI=1S/C21H25FN6O2/c1-20(2)8-16(19(22)21(3,4)28-20)30-15-5-6-24-27-18(15)17-14(7-13(29)11-23-17)12-9-25-26-10-12/h5-7,9-11,16,19,28-29H,8H2,1-4H3,(H,25,26)/t16-,19-/m0/s1. The predicted molar refractivity (Wildman–Crippen MR) is 110 cm³/mol. The van der Waals surface area contributed by atoms with E-state index < -0.39 is 17.8 Å². The van der Waals surface area contributed by atoms with Crippen LogP contribution in [0, 0.1) is 0 Å². The molecule has 1 aliphatic rings. The lowest BCUT2D eigenvalue weighted by atomic mass is 9.79. The molecule has 0 bridgehead atoms. The molecule has 30 heavy (non-hydrogen) atoms. The fraction of sp³-hybridized carbons (Fsp3) is 0.429. The Morgan fingerprint density at radius 1 is 1.20 bits per heavy atom. The fourth-order valence-corrected chi connectivity index (χ4v) is 4.17. The predicted octanol–water partition coefficient (Wildman–Crippen LogP) is 3.27. The van der Waals surface area contributed by atoms with Gasteiger partial charge in [0.25, 0.3) is 0 Å². The summed E-state index contributed by atoms with van der Waals surface area (Å²) in [4.78, 5) is 4.35. The first-order valence-corrected chi connectivity index (χ1v) is 9.76. The molecule has 1 fully saturated rings. The number of nitrogens with one attached hydrogen (secondary N) is 2. The van der Waals surface area contributed by atoms with Crippen molar-refractivity contribution in [3.05, 3.63) is 36.9 Å². The van der Waals surface area contributed by atoms with E-state index in [9.17, 15) is 5.11 Å². The quantitative estimate of drug-likeness (QED) is 0.603. The Hall–Kier alpha value is -3.07. The highest BCUT2D eigenvalue weighted by atomic mass is 19.1. The highest BCUT2D eigenvalue weighted by Gasteiger charge is 2.47. The number of aromatic nitrogens is 5. The van der Waals surface area contributed by atoms with Gasteiger partial charge >= 0.3 is 0 Å². The fourth-order valence-electron chi connectivity index (χ4n) is 4.17. The number of hydrogen-bond donors (Lipinski definition) is 3. The van der Waals surface area contributed by atoms with Crippen LogP contribution in [0.1, 0.15) is 34.1 Å². The number of pyridine rings is 1. The van der Waals surface area contributed by atoms with Gasteiger partial charge in [-0.2, -0.15) is 10.2 Å². The third-order valence-electron chi connectivity index (χ3n) is 5.26. The normalized spacial score (nSPS) is 22.6. The van der Waals surface area contributed by atoms with Gasteiger partial charge in [0.1, 0.15) is 17.5 Å². The SMILES string of the molecule is CC1(C)C[C@H](Oc2ccnnc2-c2ncc(O)cc2-c2cn[nH]c2)[C@H](F)C(C)(C)N1. The van der Waals surface area contributed by atoms with Crippen molar-refractivity contribution in [3.8, 4) is 34.0 Å². The van der Waals surface area contributed by atoms with Crippen LogP contribution in [0.25, 0.3) is 22.5 Å². The van der Waals surface area contributed by atoms with E-state index in [0.29, 0.717) is 29.1 Å². The third kappa shape index (κ3) is 3.85. The molecule has 158 valence electrons. The van der Waals surface area contributed by atoms with Crippen molar-refractivity contribution in [2.45, 2.75) is 57.5 Å². The van der Waals surface area contributed by atoms with Gasteiger partial charge in [-0.15, -0.1) is 5.10 Å². The smallest absolute Gasteiger partial charge is 0.154 e. The molecule has 0 saturated carbocycles. The van der Waals surface area contributed by atoms with Gasteiger partial charge < -0.3 is 15.2 Å². The van der Waals surface area contributed by atoms with Crippen LogP contribution in [0.15, 0.2) is 36.9 Å². The second kappa shape index (κ2) is 7.32. The van der Waals surface area contributed by atoms with E-state index >= 15 is 4.39 Å². The Balaban J connectivity index is 1.75. The summed E-state index contributed by atoms with van der Waals surface area (Å²) >= 11 is 0. The highest BCUT2D eigenvalue weighted by molar-refractivity contribution is 5.81. The van der Waals surface area contributed by atoms with Crippen LogP contribution in [0.2, 0.25) is 0 Å². The summed E-state index contributed by atoms with van der Waals surface area (Å²) in [5, 5.41) is 28.2. The summed E-state index contributed by atoms with van der Waals surface area (Å²) in [6.07, 6.45) is 4.71. The Labute approximate surface area is 173 Å². The second-order valence-electron chi connectivity index (χ2n) is 8.81. The monoisotopic (exact) mass is 412 g/mol. The molecular formula is C21H25FN6O2. The number of H-pyrrole nitrogens is 1. The molecule has 9 heteroatoms. The lowest BCUT2D eigenvalue weighted by Crippen LogP contribution is -2.66. The average molecular weight is 412 g/mol. The topological polar surface area (TPSA) is 109 Å². The maximum atomic E-state index is 15.3. The van der Waals surface area contributed by atoms with Gasteiger partial charge in [0, 0.05) is 40.9 Å². The minimum absolute atomic E-state index is 0.00647. The van der Waals surface area contributed by atoms with E-state index in [1.165, 1.54) is 12.4 Å². The van der Waals surface area contributed by atoms with Crippen molar-refractivity contribution in [3.63, 3.8) is 0 Å². The Bertz CT molecular complexity index is 1040. The van der Waals surface area contributed by atoms with Gasteiger partial charge in [0.2, 0.25) is 0 Å². The van der Waals surface area contributed by atoms with Crippen LogP contribution in [0.5, 0.6) is 11.5 Å². The van der Waals surface area contributed by atoms with Crippen molar-refractivity contribution >= 4 is 0 Å². The molecule has 0 aromatic carbocycles. The molecule has 0 spiro atoms. The minimum Gasteiger partial charge on any atom is -0.506 e. The molecule has 0 unspecified atom stereocenters. The van der Waals surface area contributed by atoms with E-state index in [1.807, 2.05) is 27.7 Å². The molecule has 3 N–H and O–H groups in total. The molecule has 4 rings (SSSR count). The molecule has 4 heterocycles. The molecule has 8 nitrogen and oxygen atoms in total. The first kappa shape index (κ1) is 20.2. The maximum Gasteiger partial charge on any atom is 0.154 e. The van der Waals surface area contributed by atoms with Crippen LogP contribution in [-0.2, 0) is 0 Å². The lowest BCUT2D eigenvalue weighted by Gasteiger charge is -2.48. The zero-order chi connectivity index (χ0) is 21.5. The summed E-state index contributed by atoms with van der Waals surface area (Å²) in [6, 6.07) is 3.23. The zero-order valence-corrected chi connectivity index (χ0v) is 17.3. The van der Waals surface area contributed by atoms with Gasteiger partial charge in [-0.3, -0.25) is 5.10 Å². The molecular weight excluding hydrogens is 387 g/mol. The summed E-state index contributed by atoms with van der Waals surface area (Å²) in [5.74, 6) is 0.390. The average Bonchev–Trinajstić information content (AvgIpc) is 3.20. The molecule has 0 aliphatic carbocycles. The van der Waals surface area contributed by atoms with Crippen molar-refractivity contribution in [1.29, 1.82) is 0 Å². The molecule has 0 radical (unpaired) electrons. The molecule has 0 amide bonds. The number of rotatable bonds is 4. The number of hydrogen-bond acceptors (Lipinski definition) is 7. The first-order chi connectivity index (χ1) is 14.2. The van der Waals surface area contributed by atoms with Crippen molar-refractivity contribution in [1.82, 2.24) is 30.7 Å². The number of halogens is 1. The van der Waals surface area contributed by atoms with Crippen molar-refractivity contribution in [2.75, 3.05) is 0 Å². The summed E-state index contributed by atoms with van der Waals surface area (Å²) < 4.78 is 21.4. The third-order valence-corrected chi connectivity index (χ3v) is 5.26. The van der Waals surface area contributed by atoms with Crippen LogP contribution in [-0.4, -0.2) is 53.8 Å². The zero-order valence-electron chi connectivity index (χ0n) is 17.3. The molecule has 1 aliphatic heterocycles. The molecule has 3 aromatic rings. The number of ether oxygens (including phenoxy) is 1. The Morgan fingerprint density at radius 2 is 2.00 bits per heavy atom. The second-order valence-corrected chi connectivity index (χ2v) is 8.81. The van der Waals surface area contributed by atoms with Gasteiger partial charge in [-0.1, -0.05) is 0 Å². The molecule has 1 saturated heterocycles. The first-order valence-electron chi connectivity index (χ1n) is 9.76. The summed E-state index contributed by atoms with van der Waals surface area (Å²) in [6.45, 7) is 7.72. The maximum absolute atomic E-state index is 15.3. The number of alkyl halides is 1. The number of aromatic hydroxyl groups is 1. The van der Waals surface area contributed by atoms with Gasteiger partial charge in [-0.05, 0) is 33.8 Å². The van der Waals surface area contributed by atoms with Crippen LogP contribution in [0.4, 0.5) is 4.39 Å². The van der Waals surface area contributed by atoms with Gasteiger partial charge in [-0.25, -0.2) is 9.37 Å². The number of nitrogens with zero attached hydrogens (tertiary/aromatic N) is 4.